The van der Waals surface area contributed by atoms with Gasteiger partial charge in [-0.3, -0.25) is 4.79 Å². The zero-order valence-electron chi connectivity index (χ0n) is 11.3. The van der Waals surface area contributed by atoms with Crippen LogP contribution in [0.3, 0.4) is 0 Å². The van der Waals surface area contributed by atoms with Crippen LogP contribution < -0.4 is 5.48 Å². The van der Waals surface area contributed by atoms with Crippen molar-refractivity contribution in [3.05, 3.63) is 35.4 Å². The number of rotatable bonds is 4. The first-order chi connectivity index (χ1) is 9.70. The molecule has 0 saturated carbocycles. The largest absolute Gasteiger partial charge is 0.465 e. The first kappa shape index (κ1) is 14.5. The number of hydrogen-bond acceptors (Lipinski definition) is 5. The highest BCUT2D eigenvalue weighted by atomic mass is 16.8. The highest BCUT2D eigenvalue weighted by Gasteiger charge is 2.16. The molecule has 1 aliphatic rings. The quantitative estimate of drug-likeness (QED) is 0.670. The highest BCUT2D eigenvalue weighted by Crippen LogP contribution is 2.13. The molecule has 1 aromatic carbocycles. The molecule has 0 aliphatic carbocycles. The maximum absolute atomic E-state index is 11.8. The van der Waals surface area contributed by atoms with E-state index in [-0.39, 0.29) is 12.2 Å². The van der Waals surface area contributed by atoms with E-state index >= 15 is 0 Å². The van der Waals surface area contributed by atoms with Crippen LogP contribution in [0.4, 0.5) is 0 Å². The first-order valence-electron chi connectivity index (χ1n) is 6.46. The van der Waals surface area contributed by atoms with Gasteiger partial charge in [-0.2, -0.15) is 0 Å². The van der Waals surface area contributed by atoms with Crippen molar-refractivity contribution in [1.29, 1.82) is 0 Å². The summed E-state index contributed by atoms with van der Waals surface area (Å²) < 4.78 is 9.91. The van der Waals surface area contributed by atoms with Gasteiger partial charge < -0.3 is 9.47 Å². The van der Waals surface area contributed by atoms with Gasteiger partial charge in [-0.15, -0.1) is 0 Å². The summed E-state index contributed by atoms with van der Waals surface area (Å²) in [5.41, 5.74) is 3.14. The Morgan fingerprint density at radius 3 is 2.50 bits per heavy atom. The van der Waals surface area contributed by atoms with Gasteiger partial charge in [0.2, 0.25) is 0 Å². The molecule has 1 aromatic rings. The highest BCUT2D eigenvalue weighted by molar-refractivity contribution is 5.95. The molecule has 6 heteroatoms. The van der Waals surface area contributed by atoms with Crippen LogP contribution in [0.5, 0.6) is 0 Å². The summed E-state index contributed by atoms with van der Waals surface area (Å²) >= 11 is 0. The molecule has 1 saturated heterocycles. The zero-order chi connectivity index (χ0) is 14.4. The summed E-state index contributed by atoms with van der Waals surface area (Å²) in [6.45, 7) is 0.647. The minimum Gasteiger partial charge on any atom is -0.465 e. The Hall–Kier alpha value is -1.92. The lowest BCUT2D eigenvalue weighted by atomic mass is 10.1. The van der Waals surface area contributed by atoms with Crippen LogP contribution in [0.1, 0.15) is 40.0 Å². The fourth-order valence-corrected chi connectivity index (χ4v) is 1.86. The van der Waals surface area contributed by atoms with Crippen LogP contribution in [0, 0.1) is 0 Å². The number of amides is 1. The van der Waals surface area contributed by atoms with Crippen molar-refractivity contribution in [3.8, 4) is 0 Å². The molecule has 1 aliphatic heterocycles. The summed E-state index contributed by atoms with van der Waals surface area (Å²) in [6, 6.07) is 6.12. The average Bonchev–Trinajstić information content (AvgIpc) is 2.53. The number of methoxy groups -OCH3 is 1. The molecule has 0 radical (unpaired) electrons. The summed E-state index contributed by atoms with van der Waals surface area (Å²) in [5.74, 6) is -0.820. The molecule has 2 rings (SSSR count). The molecule has 6 nitrogen and oxygen atoms in total. The Kier molecular flexibility index (Phi) is 5.09. The predicted molar refractivity (Wildman–Crippen MR) is 69.9 cm³/mol. The number of carbonyl (C=O) groups excluding carboxylic acids is 2. The van der Waals surface area contributed by atoms with Gasteiger partial charge in [0.25, 0.3) is 5.91 Å². The standard InChI is InChI=1S/C14H17NO5/c1-18-14(17)11-7-5-10(6-8-11)13(16)15-20-12-4-2-3-9-19-12/h5-8,12H,2-4,9H2,1H3,(H,15,16). The molecule has 1 unspecified atom stereocenters. The van der Waals surface area contributed by atoms with Crippen LogP contribution in [0.15, 0.2) is 24.3 Å². The third-order valence-electron chi connectivity index (χ3n) is 2.99. The number of ether oxygens (including phenoxy) is 2. The Morgan fingerprint density at radius 1 is 1.20 bits per heavy atom. The van der Waals surface area contributed by atoms with E-state index in [4.69, 9.17) is 9.57 Å². The molecule has 1 amide bonds. The molecular weight excluding hydrogens is 262 g/mol. The van der Waals surface area contributed by atoms with Gasteiger partial charge in [0.15, 0.2) is 6.29 Å². The van der Waals surface area contributed by atoms with Gasteiger partial charge in [-0.1, -0.05) is 0 Å². The number of hydrogen-bond donors (Lipinski definition) is 1. The predicted octanol–water partition coefficient (Wildman–Crippen LogP) is 1.66. The summed E-state index contributed by atoms with van der Waals surface area (Å²) in [7, 11) is 1.31. The normalized spacial score (nSPS) is 18.4. The van der Waals surface area contributed by atoms with Crippen molar-refractivity contribution >= 4 is 11.9 Å². The number of benzene rings is 1. The molecule has 108 valence electrons. The Morgan fingerprint density at radius 2 is 1.90 bits per heavy atom. The van der Waals surface area contributed by atoms with E-state index in [9.17, 15) is 9.59 Å². The number of hydroxylamine groups is 1. The summed E-state index contributed by atoms with van der Waals surface area (Å²) in [6.07, 6.45) is 2.42. The monoisotopic (exact) mass is 279 g/mol. The number of nitrogens with one attached hydrogen (secondary N) is 1. The van der Waals surface area contributed by atoms with Gasteiger partial charge in [-0.25, -0.2) is 15.1 Å². The van der Waals surface area contributed by atoms with E-state index in [0.29, 0.717) is 17.7 Å². The van der Waals surface area contributed by atoms with Crippen molar-refractivity contribution in [3.63, 3.8) is 0 Å². The van der Waals surface area contributed by atoms with Gasteiger partial charge in [0.05, 0.1) is 12.7 Å². The molecule has 0 spiro atoms. The minimum absolute atomic E-state index is 0.379. The van der Waals surface area contributed by atoms with Crippen molar-refractivity contribution in [2.24, 2.45) is 0 Å². The zero-order valence-corrected chi connectivity index (χ0v) is 11.3. The maximum Gasteiger partial charge on any atom is 0.337 e. The topological polar surface area (TPSA) is 73.9 Å². The van der Waals surface area contributed by atoms with E-state index < -0.39 is 5.97 Å². The minimum atomic E-state index is -0.441. The van der Waals surface area contributed by atoms with Crippen molar-refractivity contribution in [1.82, 2.24) is 5.48 Å². The summed E-state index contributed by atoms with van der Waals surface area (Å²) in [5, 5.41) is 0. The van der Waals surface area contributed by atoms with E-state index in [1.807, 2.05) is 0 Å². The molecular formula is C14H17NO5. The SMILES string of the molecule is COC(=O)c1ccc(C(=O)NOC2CCCCO2)cc1. The third kappa shape index (κ3) is 3.79. The van der Waals surface area contributed by atoms with Crippen LogP contribution in [-0.4, -0.2) is 31.9 Å². The number of carbonyl (C=O) groups is 2. The van der Waals surface area contributed by atoms with E-state index in [1.165, 1.54) is 31.4 Å². The molecule has 20 heavy (non-hydrogen) atoms. The second-order valence-electron chi connectivity index (χ2n) is 4.41. The first-order valence-corrected chi connectivity index (χ1v) is 6.46. The van der Waals surface area contributed by atoms with Crippen molar-refractivity contribution in [2.75, 3.05) is 13.7 Å². The lowest BCUT2D eigenvalue weighted by molar-refractivity contribution is -0.186. The van der Waals surface area contributed by atoms with E-state index in [1.54, 1.807) is 0 Å². The van der Waals surface area contributed by atoms with Gasteiger partial charge in [-0.05, 0) is 37.1 Å². The van der Waals surface area contributed by atoms with Gasteiger partial charge in [0.1, 0.15) is 0 Å². The second-order valence-corrected chi connectivity index (χ2v) is 4.41. The number of esters is 1. The van der Waals surface area contributed by atoms with Crippen LogP contribution in [0.2, 0.25) is 0 Å². The van der Waals surface area contributed by atoms with Crippen LogP contribution in [0.25, 0.3) is 0 Å². The Labute approximate surface area is 117 Å². The Bertz CT molecular complexity index is 465. The molecule has 0 bridgehead atoms. The molecule has 1 heterocycles. The lowest BCUT2D eigenvalue weighted by Crippen LogP contribution is -2.33. The fraction of sp³-hybridized carbons (Fsp3) is 0.429. The van der Waals surface area contributed by atoms with Crippen LogP contribution >= 0.6 is 0 Å². The molecule has 1 fully saturated rings. The fourth-order valence-electron chi connectivity index (χ4n) is 1.86. The Balaban J connectivity index is 1.87. The van der Waals surface area contributed by atoms with Crippen LogP contribution in [-0.2, 0) is 14.3 Å². The molecule has 1 atom stereocenters. The molecule has 1 N–H and O–H groups in total. The second kappa shape index (κ2) is 7.02. The van der Waals surface area contributed by atoms with E-state index in [0.717, 1.165) is 19.3 Å². The van der Waals surface area contributed by atoms with Crippen molar-refractivity contribution < 1.29 is 23.9 Å². The lowest BCUT2D eigenvalue weighted by Gasteiger charge is -2.22. The van der Waals surface area contributed by atoms with Gasteiger partial charge in [0, 0.05) is 18.6 Å². The smallest absolute Gasteiger partial charge is 0.337 e. The average molecular weight is 279 g/mol. The van der Waals surface area contributed by atoms with Crippen molar-refractivity contribution in [2.45, 2.75) is 25.6 Å². The summed E-state index contributed by atoms with van der Waals surface area (Å²) in [4.78, 5) is 28.3. The maximum atomic E-state index is 11.8. The third-order valence-corrected chi connectivity index (χ3v) is 2.99. The molecule has 0 aromatic heterocycles. The van der Waals surface area contributed by atoms with Gasteiger partial charge >= 0.3 is 5.97 Å². The van der Waals surface area contributed by atoms with E-state index in [2.05, 4.69) is 10.2 Å².